The summed E-state index contributed by atoms with van der Waals surface area (Å²) >= 11 is 12.0. The first-order valence-electron chi connectivity index (χ1n) is 6.16. The zero-order chi connectivity index (χ0) is 16.3. The van der Waals surface area contributed by atoms with Crippen molar-refractivity contribution in [2.45, 2.75) is 6.54 Å². The highest BCUT2D eigenvalue weighted by atomic mass is 35.5. The average molecular weight is 366 g/mol. The second kappa shape index (κ2) is 6.93. The molecule has 0 saturated heterocycles. The maximum absolute atomic E-state index is 11.6. The van der Waals surface area contributed by atoms with Crippen molar-refractivity contribution >= 4 is 33.2 Å². The first-order chi connectivity index (χ1) is 10.3. The van der Waals surface area contributed by atoms with E-state index in [9.17, 15) is 8.42 Å². The van der Waals surface area contributed by atoms with Crippen LogP contribution in [0.3, 0.4) is 0 Å². The third-order valence-electron chi connectivity index (χ3n) is 2.79. The summed E-state index contributed by atoms with van der Waals surface area (Å²) in [5.74, 6) is 0.296. The van der Waals surface area contributed by atoms with Gasteiger partial charge in [-0.2, -0.15) is 9.29 Å². The molecule has 0 aliphatic rings. The van der Waals surface area contributed by atoms with Crippen LogP contribution in [0.1, 0.15) is 5.82 Å². The van der Waals surface area contributed by atoms with Crippen molar-refractivity contribution < 1.29 is 18.0 Å². The number of nitrogens with zero attached hydrogens (tertiary/aromatic N) is 3. The molecule has 0 aliphatic carbocycles. The number of aliphatic hydroxyl groups is 1. The Morgan fingerprint density at radius 2 is 2.09 bits per heavy atom. The Morgan fingerprint density at radius 1 is 1.36 bits per heavy atom. The van der Waals surface area contributed by atoms with Crippen LogP contribution in [0, 0.1) is 0 Å². The normalized spacial score (nSPS) is 12.0. The lowest BCUT2D eigenvalue weighted by molar-refractivity contribution is 0.248. The number of hydrogen-bond acceptors (Lipinski definition) is 6. The number of benzene rings is 1. The summed E-state index contributed by atoms with van der Waals surface area (Å²) in [5.41, 5.74) is 0.459. The van der Waals surface area contributed by atoms with Crippen molar-refractivity contribution in [3.8, 4) is 11.5 Å². The minimum Gasteiger partial charge on any atom is -0.395 e. The summed E-state index contributed by atoms with van der Waals surface area (Å²) in [6, 6.07) is 4.97. The van der Waals surface area contributed by atoms with Gasteiger partial charge in [-0.3, -0.25) is 0 Å². The molecule has 1 N–H and O–H groups in total. The van der Waals surface area contributed by atoms with Crippen LogP contribution in [-0.4, -0.2) is 47.4 Å². The maximum Gasteiger partial charge on any atom is 0.259 e. The minimum absolute atomic E-state index is 0.0549. The van der Waals surface area contributed by atoms with Crippen LogP contribution in [0.25, 0.3) is 11.5 Å². The van der Waals surface area contributed by atoms with Crippen molar-refractivity contribution in [3.05, 3.63) is 34.1 Å². The van der Waals surface area contributed by atoms with Gasteiger partial charge in [0.1, 0.15) is 0 Å². The third-order valence-corrected chi connectivity index (χ3v) is 4.85. The fourth-order valence-corrected chi connectivity index (χ4v) is 2.87. The van der Waals surface area contributed by atoms with Gasteiger partial charge in [0.2, 0.25) is 10.0 Å². The van der Waals surface area contributed by atoms with Crippen LogP contribution in [0.4, 0.5) is 0 Å². The van der Waals surface area contributed by atoms with Crippen LogP contribution >= 0.6 is 23.2 Å². The smallest absolute Gasteiger partial charge is 0.259 e. The molecule has 0 bridgehead atoms. The van der Waals surface area contributed by atoms with E-state index >= 15 is 0 Å². The Hall–Kier alpha value is -1.19. The average Bonchev–Trinajstić information content (AvgIpc) is 2.89. The van der Waals surface area contributed by atoms with Crippen molar-refractivity contribution in [1.29, 1.82) is 0 Å². The number of sulfonamides is 1. The monoisotopic (exact) mass is 365 g/mol. The number of hydrogen-bond donors (Lipinski definition) is 1. The van der Waals surface area contributed by atoms with E-state index in [2.05, 4.69) is 10.1 Å². The molecular weight excluding hydrogens is 353 g/mol. The van der Waals surface area contributed by atoms with E-state index in [1.807, 2.05) is 0 Å². The molecule has 0 aliphatic heterocycles. The van der Waals surface area contributed by atoms with Crippen molar-refractivity contribution in [2.75, 3.05) is 19.4 Å². The summed E-state index contributed by atoms with van der Waals surface area (Å²) in [7, 11) is -3.49. The highest BCUT2D eigenvalue weighted by Gasteiger charge is 2.20. The summed E-state index contributed by atoms with van der Waals surface area (Å²) < 4.78 is 29.3. The molecule has 0 radical (unpaired) electrons. The van der Waals surface area contributed by atoms with Crippen LogP contribution < -0.4 is 0 Å². The number of aliphatic hydroxyl groups excluding tert-OH is 1. The lowest BCUT2D eigenvalue weighted by Crippen LogP contribution is -2.32. The Labute approximate surface area is 137 Å². The first kappa shape index (κ1) is 17.2. The number of halogens is 2. The van der Waals surface area contributed by atoms with Gasteiger partial charge in [0.25, 0.3) is 5.89 Å². The number of aromatic nitrogens is 2. The third kappa shape index (κ3) is 3.96. The van der Waals surface area contributed by atoms with Gasteiger partial charge >= 0.3 is 0 Å². The molecule has 0 amide bonds. The summed E-state index contributed by atoms with van der Waals surface area (Å²) in [6.45, 7) is -0.473. The van der Waals surface area contributed by atoms with Crippen molar-refractivity contribution in [3.63, 3.8) is 0 Å². The largest absolute Gasteiger partial charge is 0.395 e. The second-order valence-corrected chi connectivity index (χ2v) is 7.20. The summed E-state index contributed by atoms with van der Waals surface area (Å²) in [4.78, 5) is 4.11. The number of rotatable bonds is 6. The molecule has 120 valence electrons. The molecule has 0 unspecified atom stereocenters. The van der Waals surface area contributed by atoms with E-state index < -0.39 is 10.0 Å². The topological polar surface area (TPSA) is 96.5 Å². The zero-order valence-corrected chi connectivity index (χ0v) is 13.9. The quantitative estimate of drug-likeness (QED) is 0.838. The Morgan fingerprint density at radius 3 is 2.73 bits per heavy atom. The molecule has 1 aromatic carbocycles. The van der Waals surface area contributed by atoms with Gasteiger partial charge in [-0.05, 0) is 12.1 Å². The van der Waals surface area contributed by atoms with Gasteiger partial charge in [-0.25, -0.2) is 8.42 Å². The van der Waals surface area contributed by atoms with Gasteiger partial charge in [0.15, 0.2) is 5.82 Å². The van der Waals surface area contributed by atoms with E-state index in [0.717, 1.165) is 10.6 Å². The molecule has 0 spiro atoms. The molecule has 10 heteroatoms. The van der Waals surface area contributed by atoms with Crippen LogP contribution in [0.15, 0.2) is 22.7 Å². The predicted molar refractivity (Wildman–Crippen MR) is 82.1 cm³/mol. The lowest BCUT2D eigenvalue weighted by atomic mass is 10.2. The minimum atomic E-state index is -3.49. The Bertz CT molecular complexity index is 763. The van der Waals surface area contributed by atoms with Crippen LogP contribution in [-0.2, 0) is 16.6 Å². The first-order valence-corrected chi connectivity index (χ1v) is 8.76. The Kier molecular flexibility index (Phi) is 5.41. The van der Waals surface area contributed by atoms with E-state index in [-0.39, 0.29) is 36.4 Å². The highest BCUT2D eigenvalue weighted by molar-refractivity contribution is 7.88. The molecule has 0 saturated carbocycles. The molecule has 7 nitrogen and oxygen atoms in total. The van der Waals surface area contributed by atoms with E-state index in [1.165, 1.54) is 0 Å². The molecule has 2 aromatic rings. The fraction of sp³-hybridized carbons (Fsp3) is 0.333. The Balaban J connectivity index is 2.26. The van der Waals surface area contributed by atoms with E-state index in [0.29, 0.717) is 10.6 Å². The van der Waals surface area contributed by atoms with Crippen LogP contribution in [0.2, 0.25) is 10.0 Å². The van der Waals surface area contributed by atoms with Gasteiger partial charge in [-0.15, -0.1) is 0 Å². The standard InChI is InChI=1S/C12H13Cl2N3O4S/c1-22(19,20)17(5-6-18)7-10-15-12(21-16-10)8-3-2-4-9(13)11(8)14/h2-4,18H,5-7H2,1H3. The molecule has 1 aromatic heterocycles. The molecule has 1 heterocycles. The second-order valence-electron chi connectivity index (χ2n) is 4.44. The van der Waals surface area contributed by atoms with Crippen molar-refractivity contribution in [2.24, 2.45) is 0 Å². The zero-order valence-electron chi connectivity index (χ0n) is 11.5. The molecular formula is C12H13Cl2N3O4S. The van der Waals surface area contributed by atoms with Crippen LogP contribution in [0.5, 0.6) is 0 Å². The lowest BCUT2D eigenvalue weighted by Gasteiger charge is -2.16. The highest BCUT2D eigenvalue weighted by Crippen LogP contribution is 2.32. The SMILES string of the molecule is CS(=O)(=O)N(CCO)Cc1noc(-c2cccc(Cl)c2Cl)n1. The summed E-state index contributed by atoms with van der Waals surface area (Å²) in [6.07, 6.45) is 1.04. The molecule has 22 heavy (non-hydrogen) atoms. The van der Waals surface area contributed by atoms with Gasteiger partial charge in [0, 0.05) is 6.54 Å². The molecule has 0 atom stereocenters. The van der Waals surface area contributed by atoms with Gasteiger partial charge in [-0.1, -0.05) is 34.4 Å². The fourth-order valence-electron chi connectivity index (χ4n) is 1.73. The van der Waals surface area contributed by atoms with E-state index in [1.54, 1.807) is 18.2 Å². The van der Waals surface area contributed by atoms with E-state index in [4.69, 9.17) is 32.8 Å². The van der Waals surface area contributed by atoms with Crippen molar-refractivity contribution in [1.82, 2.24) is 14.4 Å². The summed E-state index contributed by atoms with van der Waals surface area (Å²) in [5, 5.41) is 13.3. The van der Waals surface area contributed by atoms with Gasteiger partial charge in [0.05, 0.1) is 35.0 Å². The molecule has 2 rings (SSSR count). The predicted octanol–water partition coefficient (Wildman–Crippen LogP) is 1.80. The molecule has 0 fully saturated rings. The maximum atomic E-state index is 11.6. The van der Waals surface area contributed by atoms with Gasteiger partial charge < -0.3 is 9.63 Å².